The highest BCUT2D eigenvalue weighted by molar-refractivity contribution is 7.11. The summed E-state index contributed by atoms with van der Waals surface area (Å²) in [5.74, 6) is 1.40. The molecule has 1 saturated carbocycles. The summed E-state index contributed by atoms with van der Waals surface area (Å²) in [4.78, 5) is 6.47. The minimum Gasteiger partial charge on any atom is -0.303 e. The molecule has 1 aliphatic rings. The van der Waals surface area contributed by atoms with Crippen molar-refractivity contribution in [1.82, 2.24) is 10.3 Å². The molecule has 1 fully saturated rings. The second-order valence-corrected chi connectivity index (χ2v) is 8.45. The van der Waals surface area contributed by atoms with Crippen molar-refractivity contribution >= 4 is 11.3 Å². The maximum absolute atomic E-state index is 5.07. The van der Waals surface area contributed by atoms with Crippen molar-refractivity contribution < 1.29 is 0 Å². The van der Waals surface area contributed by atoms with E-state index in [0.717, 1.165) is 6.42 Å². The van der Waals surface area contributed by atoms with Gasteiger partial charge in [-0.1, -0.05) is 33.6 Å². The van der Waals surface area contributed by atoms with E-state index in [9.17, 15) is 0 Å². The van der Waals surface area contributed by atoms with Gasteiger partial charge in [0.1, 0.15) is 5.01 Å². The zero-order valence-corrected chi connectivity index (χ0v) is 15.4. The molecule has 120 valence electrons. The van der Waals surface area contributed by atoms with Crippen LogP contribution in [0.5, 0.6) is 0 Å². The molecule has 0 aliphatic heterocycles. The summed E-state index contributed by atoms with van der Waals surface area (Å²) in [6, 6.07) is 0.499. The fraction of sp³-hybridized carbons (Fsp3) is 0.833. The quantitative estimate of drug-likeness (QED) is 0.823. The van der Waals surface area contributed by atoms with E-state index >= 15 is 0 Å². The normalized spacial score (nSPS) is 26.8. The van der Waals surface area contributed by atoms with Crippen LogP contribution in [0.15, 0.2) is 0 Å². The first-order valence-corrected chi connectivity index (χ1v) is 9.46. The third kappa shape index (κ3) is 3.34. The summed E-state index contributed by atoms with van der Waals surface area (Å²) in [6.45, 7) is 13.8. The van der Waals surface area contributed by atoms with E-state index in [4.69, 9.17) is 4.98 Å². The molecule has 1 aromatic heterocycles. The Kier molecular flexibility index (Phi) is 5.48. The van der Waals surface area contributed by atoms with Crippen LogP contribution in [0.3, 0.4) is 0 Å². The lowest BCUT2D eigenvalue weighted by Gasteiger charge is -2.47. The molecule has 0 radical (unpaired) electrons. The van der Waals surface area contributed by atoms with Gasteiger partial charge in [-0.2, -0.15) is 0 Å². The van der Waals surface area contributed by atoms with E-state index in [2.05, 4.69) is 46.9 Å². The average molecular weight is 309 g/mol. The van der Waals surface area contributed by atoms with Gasteiger partial charge >= 0.3 is 0 Å². The van der Waals surface area contributed by atoms with Crippen molar-refractivity contribution in [2.45, 2.75) is 85.2 Å². The van der Waals surface area contributed by atoms with Crippen molar-refractivity contribution in [2.75, 3.05) is 0 Å². The minimum atomic E-state index is 0.101. The number of hydrogen-bond acceptors (Lipinski definition) is 3. The number of thiazole rings is 1. The van der Waals surface area contributed by atoms with Gasteiger partial charge < -0.3 is 5.32 Å². The molecule has 2 unspecified atom stereocenters. The molecular weight excluding hydrogens is 276 g/mol. The van der Waals surface area contributed by atoms with Crippen molar-refractivity contribution in [3.05, 3.63) is 15.6 Å². The second-order valence-electron chi connectivity index (χ2n) is 7.24. The van der Waals surface area contributed by atoms with Gasteiger partial charge in [0.05, 0.1) is 11.2 Å². The third-order valence-corrected chi connectivity index (χ3v) is 6.12. The number of rotatable bonds is 5. The molecule has 1 N–H and O–H groups in total. The van der Waals surface area contributed by atoms with E-state index in [0.29, 0.717) is 17.9 Å². The van der Waals surface area contributed by atoms with Crippen LogP contribution in [0.25, 0.3) is 0 Å². The van der Waals surface area contributed by atoms with Gasteiger partial charge in [0, 0.05) is 10.9 Å². The van der Waals surface area contributed by atoms with Gasteiger partial charge in [0.15, 0.2) is 0 Å². The van der Waals surface area contributed by atoms with Crippen molar-refractivity contribution in [2.24, 2.45) is 11.8 Å². The van der Waals surface area contributed by atoms with Crippen LogP contribution in [0.4, 0.5) is 0 Å². The van der Waals surface area contributed by atoms with Crippen LogP contribution in [0.1, 0.15) is 75.9 Å². The molecule has 0 bridgehead atoms. The van der Waals surface area contributed by atoms with Crippen LogP contribution in [0.2, 0.25) is 0 Å². The van der Waals surface area contributed by atoms with Crippen LogP contribution in [-0.2, 0) is 12.0 Å². The molecule has 0 amide bonds. The number of nitrogens with zero attached hydrogens (tertiary/aromatic N) is 1. The molecular formula is C18H32N2S. The smallest absolute Gasteiger partial charge is 0.114 e. The number of aromatic nitrogens is 1. The second kappa shape index (κ2) is 6.78. The number of hydrogen-bond donors (Lipinski definition) is 1. The Morgan fingerprint density at radius 1 is 1.29 bits per heavy atom. The lowest BCUT2D eigenvalue weighted by molar-refractivity contribution is 0.0908. The zero-order chi connectivity index (χ0) is 15.6. The molecule has 3 heteroatoms. The third-order valence-electron chi connectivity index (χ3n) is 4.93. The van der Waals surface area contributed by atoms with Gasteiger partial charge in [-0.05, 0) is 51.9 Å². The number of aryl methyl sites for hydroxylation is 2. The predicted octanol–water partition coefficient (Wildman–Crippen LogP) is 5.05. The molecule has 2 atom stereocenters. The summed E-state index contributed by atoms with van der Waals surface area (Å²) in [6.07, 6.45) is 6.31. The first kappa shape index (κ1) is 17.0. The van der Waals surface area contributed by atoms with Crippen LogP contribution in [0, 0.1) is 18.8 Å². The van der Waals surface area contributed by atoms with Gasteiger partial charge in [-0.15, -0.1) is 11.3 Å². The minimum absolute atomic E-state index is 0.101. The highest BCUT2D eigenvalue weighted by Crippen LogP contribution is 2.47. The summed E-state index contributed by atoms with van der Waals surface area (Å²) >= 11 is 1.93. The molecule has 2 nitrogen and oxygen atoms in total. The highest BCUT2D eigenvalue weighted by atomic mass is 32.1. The van der Waals surface area contributed by atoms with Crippen LogP contribution in [-0.4, -0.2) is 11.0 Å². The lowest BCUT2D eigenvalue weighted by Crippen LogP contribution is -2.54. The molecule has 1 heterocycles. The van der Waals surface area contributed by atoms with Crippen LogP contribution >= 0.6 is 11.3 Å². The lowest BCUT2D eigenvalue weighted by atomic mass is 9.67. The summed E-state index contributed by atoms with van der Waals surface area (Å²) in [5.41, 5.74) is 1.40. The van der Waals surface area contributed by atoms with Gasteiger partial charge in [-0.25, -0.2) is 4.98 Å². The Hall–Kier alpha value is -0.410. The maximum Gasteiger partial charge on any atom is 0.114 e. The Balaban J connectivity index is 2.48. The van der Waals surface area contributed by atoms with E-state index in [-0.39, 0.29) is 5.54 Å². The fourth-order valence-electron chi connectivity index (χ4n) is 4.07. The monoisotopic (exact) mass is 308 g/mol. The molecule has 21 heavy (non-hydrogen) atoms. The average Bonchev–Trinajstić information content (AvgIpc) is 2.80. The van der Waals surface area contributed by atoms with E-state index in [1.165, 1.54) is 41.3 Å². The van der Waals surface area contributed by atoms with E-state index in [1.54, 1.807) is 0 Å². The molecule has 0 saturated heterocycles. The molecule has 2 rings (SSSR count). The van der Waals surface area contributed by atoms with Crippen molar-refractivity contribution in [1.29, 1.82) is 0 Å². The SMILES string of the molecule is CCc1nc(C2(NC(C)C)CCCCC2C(C)C)sc1C. The first-order chi connectivity index (χ1) is 9.90. The maximum atomic E-state index is 5.07. The standard InChI is InChI=1S/C18H32N2S/c1-7-16-14(6)21-17(19-16)18(20-13(4)5)11-9-8-10-15(18)12(2)3/h12-13,15,20H,7-11H2,1-6H3. The zero-order valence-electron chi connectivity index (χ0n) is 14.6. The summed E-state index contributed by atoms with van der Waals surface area (Å²) in [7, 11) is 0. The van der Waals surface area contributed by atoms with Gasteiger partial charge in [-0.3, -0.25) is 0 Å². The largest absolute Gasteiger partial charge is 0.303 e. The van der Waals surface area contributed by atoms with Crippen LogP contribution < -0.4 is 5.32 Å². The van der Waals surface area contributed by atoms with Gasteiger partial charge in [0.25, 0.3) is 0 Å². The van der Waals surface area contributed by atoms with E-state index < -0.39 is 0 Å². The van der Waals surface area contributed by atoms with E-state index in [1.807, 2.05) is 11.3 Å². The Morgan fingerprint density at radius 2 is 2.00 bits per heavy atom. The topological polar surface area (TPSA) is 24.9 Å². The highest BCUT2D eigenvalue weighted by Gasteiger charge is 2.46. The van der Waals surface area contributed by atoms with Crippen molar-refractivity contribution in [3.63, 3.8) is 0 Å². The van der Waals surface area contributed by atoms with Crippen molar-refractivity contribution in [3.8, 4) is 0 Å². The predicted molar refractivity (Wildman–Crippen MR) is 93.0 cm³/mol. The Labute approximate surface area is 134 Å². The molecule has 0 aromatic carbocycles. The summed E-state index contributed by atoms with van der Waals surface area (Å²) in [5, 5.41) is 5.31. The molecule has 1 aromatic rings. The molecule has 0 spiro atoms. The Bertz CT molecular complexity index is 464. The number of nitrogens with one attached hydrogen (secondary N) is 1. The van der Waals surface area contributed by atoms with Gasteiger partial charge in [0.2, 0.25) is 0 Å². The molecule has 1 aliphatic carbocycles. The summed E-state index contributed by atoms with van der Waals surface area (Å²) < 4.78 is 0. The first-order valence-electron chi connectivity index (χ1n) is 8.65. The fourth-order valence-corrected chi connectivity index (χ4v) is 5.32. The Morgan fingerprint density at radius 3 is 2.52 bits per heavy atom.